The van der Waals surface area contributed by atoms with Crippen molar-refractivity contribution < 1.29 is 14.2 Å². The fourth-order valence-electron chi connectivity index (χ4n) is 4.18. The molecule has 2 heterocycles. The molecule has 2 aliphatic heterocycles. The Morgan fingerprint density at radius 3 is 2.67 bits per heavy atom. The minimum absolute atomic E-state index is 0.0736. The molecule has 7 heteroatoms. The summed E-state index contributed by atoms with van der Waals surface area (Å²) in [6.07, 6.45) is 1.08. The lowest BCUT2D eigenvalue weighted by atomic mass is 9.77. The van der Waals surface area contributed by atoms with Crippen LogP contribution in [-0.4, -0.2) is 21.5 Å². The second-order valence-electron chi connectivity index (χ2n) is 7.86. The average molecular weight is 407 g/mol. The molecular weight excluding hydrogens is 387 g/mol. The number of halogens is 2. The van der Waals surface area contributed by atoms with Crippen molar-refractivity contribution in [3.63, 3.8) is 0 Å². The third-order valence-electron chi connectivity index (χ3n) is 5.10. The molecule has 0 bridgehead atoms. The number of benzene rings is 2. The van der Waals surface area contributed by atoms with Crippen molar-refractivity contribution in [3.05, 3.63) is 58.4 Å². The maximum absolute atomic E-state index is 14.7. The zero-order valence-corrected chi connectivity index (χ0v) is 16.5. The van der Waals surface area contributed by atoms with Gasteiger partial charge in [0.05, 0.1) is 5.02 Å². The number of phenols is 1. The first kappa shape index (κ1) is 18.3. The fraction of sp³-hybridized carbons (Fsp3) is 0.350. The van der Waals surface area contributed by atoms with Crippen molar-refractivity contribution in [2.75, 3.05) is 0 Å². The number of aromatic hydroxyl groups is 1. The second kappa shape index (κ2) is 6.24. The molecule has 4 rings (SSSR count). The summed E-state index contributed by atoms with van der Waals surface area (Å²) in [5.41, 5.74) is 0.199. The first-order valence-electron chi connectivity index (χ1n) is 8.74. The quantitative estimate of drug-likeness (QED) is 0.611. The molecule has 2 aromatic rings. The number of thiocarbonyl (C=S) groups is 1. The summed E-state index contributed by atoms with van der Waals surface area (Å²) in [4.78, 5) is 0. The van der Waals surface area contributed by atoms with Gasteiger partial charge >= 0.3 is 0 Å². The fourth-order valence-corrected chi connectivity index (χ4v) is 4.81. The molecule has 1 fully saturated rings. The highest BCUT2D eigenvalue weighted by molar-refractivity contribution is 7.80. The van der Waals surface area contributed by atoms with Crippen molar-refractivity contribution in [2.45, 2.75) is 43.9 Å². The Morgan fingerprint density at radius 1 is 1.22 bits per heavy atom. The van der Waals surface area contributed by atoms with E-state index in [0.717, 1.165) is 5.56 Å². The lowest BCUT2D eigenvalue weighted by molar-refractivity contribution is -0.0130. The molecule has 0 aromatic heterocycles. The molecule has 2 atom stereocenters. The van der Waals surface area contributed by atoms with Crippen molar-refractivity contribution in [1.29, 1.82) is 0 Å². The van der Waals surface area contributed by atoms with E-state index in [1.54, 1.807) is 18.2 Å². The summed E-state index contributed by atoms with van der Waals surface area (Å²) in [7, 11) is 0. The van der Waals surface area contributed by atoms with Crippen molar-refractivity contribution in [3.8, 4) is 11.5 Å². The minimum Gasteiger partial charge on any atom is -0.506 e. The predicted molar refractivity (Wildman–Crippen MR) is 107 cm³/mol. The standard InChI is InChI=1S/C20H20ClFN2O2S/c1-19(2)10-20(24-18(27)23-19)9-13(11-5-3-4-6-15(11)22)12-7-14(21)16(25)8-17(12)26-20/h3-8,13,25H,9-10H2,1-2H3,(H2,23,24,27)/t13-,20+/m1/s1. The predicted octanol–water partition coefficient (Wildman–Crippen LogP) is 4.44. The van der Waals surface area contributed by atoms with Gasteiger partial charge in [0, 0.05) is 35.9 Å². The molecule has 2 aliphatic rings. The SMILES string of the molecule is CC1(C)C[C@@]2(C[C@H](c3ccccc3F)c3cc(Cl)c(O)cc3O2)NC(=S)N1. The topological polar surface area (TPSA) is 53.5 Å². The van der Waals surface area contributed by atoms with Gasteiger partial charge in [-0.15, -0.1) is 0 Å². The van der Waals surface area contributed by atoms with Gasteiger partial charge in [-0.3, -0.25) is 0 Å². The highest BCUT2D eigenvalue weighted by atomic mass is 35.5. The van der Waals surface area contributed by atoms with Crippen LogP contribution in [0.15, 0.2) is 36.4 Å². The summed E-state index contributed by atoms with van der Waals surface area (Å²) in [5.74, 6) is -0.178. The van der Waals surface area contributed by atoms with E-state index in [2.05, 4.69) is 10.6 Å². The molecule has 1 saturated heterocycles. The molecule has 0 radical (unpaired) electrons. The zero-order valence-electron chi connectivity index (χ0n) is 15.0. The van der Waals surface area contributed by atoms with E-state index in [-0.39, 0.29) is 28.0 Å². The Morgan fingerprint density at radius 2 is 1.96 bits per heavy atom. The van der Waals surface area contributed by atoms with Crippen molar-refractivity contribution in [1.82, 2.24) is 10.6 Å². The van der Waals surface area contributed by atoms with E-state index < -0.39 is 5.72 Å². The van der Waals surface area contributed by atoms with E-state index in [1.807, 2.05) is 19.9 Å². The van der Waals surface area contributed by atoms with Crippen molar-refractivity contribution >= 4 is 28.9 Å². The van der Waals surface area contributed by atoms with E-state index in [1.165, 1.54) is 12.1 Å². The highest BCUT2D eigenvalue weighted by Gasteiger charge is 2.49. The summed E-state index contributed by atoms with van der Waals surface area (Å²) >= 11 is 11.5. The lowest BCUT2D eigenvalue weighted by Crippen LogP contribution is -2.69. The third-order valence-corrected chi connectivity index (χ3v) is 5.60. The largest absolute Gasteiger partial charge is 0.506 e. The smallest absolute Gasteiger partial charge is 0.185 e. The monoisotopic (exact) mass is 406 g/mol. The minimum atomic E-state index is -0.813. The Labute approximate surface area is 167 Å². The summed E-state index contributed by atoms with van der Waals surface area (Å²) in [5, 5.41) is 17.3. The Hall–Kier alpha value is -2.05. The highest BCUT2D eigenvalue weighted by Crippen LogP contribution is 2.49. The van der Waals surface area contributed by atoms with Crippen molar-refractivity contribution in [2.24, 2.45) is 0 Å². The van der Waals surface area contributed by atoms with Crippen LogP contribution in [0.2, 0.25) is 5.02 Å². The van der Waals surface area contributed by atoms with E-state index in [4.69, 9.17) is 28.6 Å². The number of phenolic OH excluding ortho intramolecular Hbond substituents is 1. The molecule has 0 unspecified atom stereocenters. The van der Waals surface area contributed by atoms with E-state index in [9.17, 15) is 9.50 Å². The maximum Gasteiger partial charge on any atom is 0.185 e. The van der Waals surface area contributed by atoms with Crippen LogP contribution < -0.4 is 15.4 Å². The number of rotatable bonds is 1. The van der Waals surface area contributed by atoms with Gasteiger partial charge < -0.3 is 20.5 Å². The summed E-state index contributed by atoms with van der Waals surface area (Å²) in [6.45, 7) is 4.08. The van der Waals surface area contributed by atoms with Crippen LogP contribution in [0, 0.1) is 5.82 Å². The van der Waals surface area contributed by atoms with Gasteiger partial charge in [-0.1, -0.05) is 29.8 Å². The first-order valence-corrected chi connectivity index (χ1v) is 9.53. The second-order valence-corrected chi connectivity index (χ2v) is 8.67. The molecular formula is C20H20ClFN2O2S. The maximum atomic E-state index is 14.7. The van der Waals surface area contributed by atoms with Gasteiger partial charge in [-0.25, -0.2) is 4.39 Å². The van der Waals surface area contributed by atoms with Crippen LogP contribution in [-0.2, 0) is 0 Å². The Kier molecular flexibility index (Phi) is 4.24. The van der Waals surface area contributed by atoms with Gasteiger partial charge in [0.1, 0.15) is 17.3 Å². The Balaban J connectivity index is 1.87. The number of hydrogen-bond acceptors (Lipinski definition) is 3. The number of fused-ring (bicyclic) bond motifs is 1. The molecule has 3 N–H and O–H groups in total. The molecule has 142 valence electrons. The lowest BCUT2D eigenvalue weighted by Gasteiger charge is -2.50. The summed E-state index contributed by atoms with van der Waals surface area (Å²) < 4.78 is 21.0. The van der Waals surface area contributed by atoms with Crippen LogP contribution in [0.4, 0.5) is 4.39 Å². The third kappa shape index (κ3) is 3.32. The van der Waals surface area contributed by atoms with Crippen LogP contribution in [0.5, 0.6) is 11.5 Å². The normalized spacial score (nSPS) is 25.9. The van der Waals surface area contributed by atoms with Gasteiger partial charge in [0.25, 0.3) is 0 Å². The molecule has 0 saturated carbocycles. The van der Waals surface area contributed by atoms with E-state index >= 15 is 0 Å². The van der Waals surface area contributed by atoms with Gasteiger partial charge in [-0.2, -0.15) is 0 Å². The van der Waals surface area contributed by atoms with Crippen LogP contribution >= 0.6 is 23.8 Å². The average Bonchev–Trinajstić information content (AvgIpc) is 2.54. The molecule has 4 nitrogen and oxygen atoms in total. The number of nitrogens with one attached hydrogen (secondary N) is 2. The molecule has 27 heavy (non-hydrogen) atoms. The van der Waals surface area contributed by atoms with E-state index in [0.29, 0.717) is 29.3 Å². The molecule has 1 spiro atoms. The molecule has 2 aromatic carbocycles. The Bertz CT molecular complexity index is 936. The molecule has 0 aliphatic carbocycles. The number of ether oxygens (including phenoxy) is 1. The zero-order chi connectivity index (χ0) is 19.4. The first-order chi connectivity index (χ1) is 12.7. The number of hydrogen-bond donors (Lipinski definition) is 3. The van der Waals surface area contributed by atoms with Gasteiger partial charge in [0.15, 0.2) is 10.8 Å². The van der Waals surface area contributed by atoms with Crippen LogP contribution in [0.25, 0.3) is 0 Å². The van der Waals surface area contributed by atoms with Gasteiger partial charge in [0.2, 0.25) is 0 Å². The van der Waals surface area contributed by atoms with Crippen LogP contribution in [0.1, 0.15) is 43.7 Å². The van der Waals surface area contributed by atoms with Gasteiger partial charge in [-0.05, 0) is 43.8 Å². The van der Waals surface area contributed by atoms with Crippen LogP contribution in [0.3, 0.4) is 0 Å². The molecule has 0 amide bonds. The summed E-state index contributed by atoms with van der Waals surface area (Å²) in [6, 6.07) is 9.84.